The SMILES string of the molecule is CC(Nc1cnc(N)cc1C(=O)O)c1ccco1. The number of anilines is 2. The van der Waals surface area contributed by atoms with Crippen LogP contribution in [0.4, 0.5) is 11.5 Å². The molecular formula is C12H13N3O3. The van der Waals surface area contributed by atoms with Gasteiger partial charge in [0.15, 0.2) is 0 Å². The molecule has 6 heteroatoms. The second-order valence-corrected chi connectivity index (χ2v) is 3.84. The third kappa shape index (κ3) is 2.42. The van der Waals surface area contributed by atoms with Crippen LogP contribution in [0, 0.1) is 0 Å². The quantitative estimate of drug-likeness (QED) is 0.765. The summed E-state index contributed by atoms with van der Waals surface area (Å²) in [5.41, 5.74) is 5.96. The number of pyridine rings is 1. The van der Waals surface area contributed by atoms with Crippen molar-refractivity contribution >= 4 is 17.5 Å². The van der Waals surface area contributed by atoms with Crippen molar-refractivity contribution in [2.24, 2.45) is 0 Å². The van der Waals surface area contributed by atoms with Gasteiger partial charge in [-0.25, -0.2) is 9.78 Å². The summed E-state index contributed by atoms with van der Waals surface area (Å²) < 4.78 is 5.24. The number of carbonyl (C=O) groups is 1. The van der Waals surface area contributed by atoms with Gasteiger partial charge in [0.05, 0.1) is 29.8 Å². The maximum absolute atomic E-state index is 11.1. The molecular weight excluding hydrogens is 234 g/mol. The van der Waals surface area contributed by atoms with Crippen LogP contribution in [0.15, 0.2) is 35.1 Å². The normalized spacial score (nSPS) is 12.1. The Bertz CT molecular complexity index is 552. The Balaban J connectivity index is 2.26. The fourth-order valence-electron chi connectivity index (χ4n) is 1.61. The Kier molecular flexibility index (Phi) is 3.18. The summed E-state index contributed by atoms with van der Waals surface area (Å²) in [5, 5.41) is 12.1. The predicted octanol–water partition coefficient (Wildman–Crippen LogP) is 2.13. The zero-order valence-electron chi connectivity index (χ0n) is 9.75. The number of hydrogen-bond donors (Lipinski definition) is 3. The Morgan fingerprint density at radius 1 is 1.61 bits per heavy atom. The summed E-state index contributed by atoms with van der Waals surface area (Å²) in [4.78, 5) is 15.0. The van der Waals surface area contributed by atoms with E-state index in [0.717, 1.165) is 0 Å². The van der Waals surface area contributed by atoms with E-state index < -0.39 is 5.97 Å². The number of hydrogen-bond acceptors (Lipinski definition) is 5. The number of carboxylic acids is 1. The van der Waals surface area contributed by atoms with Crippen molar-refractivity contribution in [2.45, 2.75) is 13.0 Å². The molecule has 1 atom stereocenters. The van der Waals surface area contributed by atoms with Crippen LogP contribution in [0.25, 0.3) is 0 Å². The van der Waals surface area contributed by atoms with Gasteiger partial charge >= 0.3 is 5.97 Å². The van der Waals surface area contributed by atoms with E-state index in [-0.39, 0.29) is 17.4 Å². The Hall–Kier alpha value is -2.50. The fraction of sp³-hybridized carbons (Fsp3) is 0.167. The van der Waals surface area contributed by atoms with Gasteiger partial charge in [-0.05, 0) is 25.1 Å². The third-order valence-corrected chi connectivity index (χ3v) is 2.50. The highest BCUT2D eigenvalue weighted by Gasteiger charge is 2.15. The molecule has 0 aliphatic rings. The molecule has 0 saturated heterocycles. The van der Waals surface area contributed by atoms with Gasteiger partial charge in [-0.1, -0.05) is 0 Å². The van der Waals surface area contributed by atoms with Gasteiger partial charge in [-0.3, -0.25) is 0 Å². The molecule has 2 aromatic rings. The topological polar surface area (TPSA) is 101 Å². The van der Waals surface area contributed by atoms with E-state index in [1.54, 1.807) is 12.3 Å². The van der Waals surface area contributed by atoms with E-state index in [1.165, 1.54) is 12.3 Å². The minimum Gasteiger partial charge on any atom is -0.478 e. The van der Waals surface area contributed by atoms with Crippen LogP contribution >= 0.6 is 0 Å². The first-order valence-electron chi connectivity index (χ1n) is 5.36. The molecule has 0 saturated carbocycles. The number of nitrogens with two attached hydrogens (primary N) is 1. The van der Waals surface area contributed by atoms with Gasteiger partial charge in [0.1, 0.15) is 11.6 Å². The molecule has 0 aliphatic carbocycles. The van der Waals surface area contributed by atoms with Crippen LogP contribution in [0.3, 0.4) is 0 Å². The molecule has 0 amide bonds. The van der Waals surface area contributed by atoms with Gasteiger partial charge in [-0.15, -0.1) is 0 Å². The summed E-state index contributed by atoms with van der Waals surface area (Å²) in [7, 11) is 0. The summed E-state index contributed by atoms with van der Waals surface area (Å²) in [6.45, 7) is 1.86. The van der Waals surface area contributed by atoms with Crippen molar-refractivity contribution in [1.29, 1.82) is 0 Å². The molecule has 2 aromatic heterocycles. The number of carboxylic acid groups (broad SMARTS) is 1. The highest BCUT2D eigenvalue weighted by atomic mass is 16.4. The molecule has 1 unspecified atom stereocenters. The molecule has 94 valence electrons. The van der Waals surface area contributed by atoms with E-state index in [9.17, 15) is 4.79 Å². The van der Waals surface area contributed by atoms with Crippen LogP contribution in [0.2, 0.25) is 0 Å². The predicted molar refractivity (Wildman–Crippen MR) is 66.4 cm³/mol. The van der Waals surface area contributed by atoms with Crippen molar-refractivity contribution < 1.29 is 14.3 Å². The summed E-state index contributed by atoms with van der Waals surface area (Å²) in [6.07, 6.45) is 2.96. The Morgan fingerprint density at radius 2 is 2.39 bits per heavy atom. The maximum atomic E-state index is 11.1. The molecule has 6 nitrogen and oxygen atoms in total. The van der Waals surface area contributed by atoms with E-state index in [0.29, 0.717) is 11.4 Å². The molecule has 2 rings (SSSR count). The zero-order valence-corrected chi connectivity index (χ0v) is 9.75. The van der Waals surface area contributed by atoms with Crippen LogP contribution in [-0.4, -0.2) is 16.1 Å². The first kappa shape index (κ1) is 12.0. The van der Waals surface area contributed by atoms with Crippen LogP contribution in [0.1, 0.15) is 29.1 Å². The fourth-order valence-corrected chi connectivity index (χ4v) is 1.61. The molecule has 0 aliphatic heterocycles. The molecule has 2 heterocycles. The lowest BCUT2D eigenvalue weighted by molar-refractivity contribution is 0.0698. The second kappa shape index (κ2) is 4.79. The number of rotatable bonds is 4. The lowest BCUT2D eigenvalue weighted by Gasteiger charge is -2.14. The van der Waals surface area contributed by atoms with E-state index in [1.807, 2.05) is 13.0 Å². The minimum atomic E-state index is -1.06. The standard InChI is InChI=1S/C12H13N3O3/c1-7(10-3-2-4-18-10)15-9-6-14-11(13)5-8(9)12(16)17/h2-7,15H,1H3,(H2,13,14)(H,16,17). The molecule has 18 heavy (non-hydrogen) atoms. The van der Waals surface area contributed by atoms with Crippen LogP contribution < -0.4 is 11.1 Å². The number of aromatic carboxylic acids is 1. The molecule has 0 fully saturated rings. The number of nitrogen functional groups attached to an aromatic ring is 1. The summed E-state index contributed by atoms with van der Waals surface area (Å²) in [5.74, 6) is -0.176. The summed E-state index contributed by atoms with van der Waals surface area (Å²) >= 11 is 0. The number of nitrogens with zero attached hydrogens (tertiary/aromatic N) is 1. The van der Waals surface area contributed by atoms with Crippen molar-refractivity contribution in [2.75, 3.05) is 11.1 Å². The number of aromatic nitrogens is 1. The second-order valence-electron chi connectivity index (χ2n) is 3.84. The molecule has 0 spiro atoms. The van der Waals surface area contributed by atoms with Gasteiger partial charge in [0.2, 0.25) is 0 Å². The highest BCUT2D eigenvalue weighted by molar-refractivity contribution is 5.94. The lowest BCUT2D eigenvalue weighted by Crippen LogP contribution is -2.11. The number of furan rings is 1. The molecule has 0 radical (unpaired) electrons. The maximum Gasteiger partial charge on any atom is 0.337 e. The first-order chi connectivity index (χ1) is 8.58. The Morgan fingerprint density at radius 3 is 3.00 bits per heavy atom. The average Bonchev–Trinajstić information content (AvgIpc) is 2.84. The minimum absolute atomic E-state index is 0.0842. The van der Waals surface area contributed by atoms with Crippen molar-refractivity contribution in [3.63, 3.8) is 0 Å². The van der Waals surface area contributed by atoms with E-state index >= 15 is 0 Å². The Labute approximate surface area is 103 Å². The zero-order chi connectivity index (χ0) is 13.1. The average molecular weight is 247 g/mol. The van der Waals surface area contributed by atoms with Gasteiger partial charge in [0.25, 0.3) is 0 Å². The van der Waals surface area contributed by atoms with E-state index in [4.69, 9.17) is 15.3 Å². The molecule has 4 N–H and O–H groups in total. The highest BCUT2D eigenvalue weighted by Crippen LogP contribution is 2.23. The van der Waals surface area contributed by atoms with Gasteiger partial charge in [-0.2, -0.15) is 0 Å². The smallest absolute Gasteiger partial charge is 0.337 e. The van der Waals surface area contributed by atoms with Gasteiger partial charge in [0, 0.05) is 0 Å². The van der Waals surface area contributed by atoms with Crippen LogP contribution in [-0.2, 0) is 0 Å². The van der Waals surface area contributed by atoms with Crippen molar-refractivity contribution in [3.05, 3.63) is 42.0 Å². The number of nitrogens with one attached hydrogen (secondary N) is 1. The third-order valence-electron chi connectivity index (χ3n) is 2.50. The molecule has 0 bridgehead atoms. The largest absolute Gasteiger partial charge is 0.478 e. The van der Waals surface area contributed by atoms with E-state index in [2.05, 4.69) is 10.3 Å². The lowest BCUT2D eigenvalue weighted by atomic mass is 10.2. The molecule has 0 aromatic carbocycles. The van der Waals surface area contributed by atoms with Crippen molar-refractivity contribution in [1.82, 2.24) is 4.98 Å². The van der Waals surface area contributed by atoms with Gasteiger partial charge < -0.3 is 20.6 Å². The van der Waals surface area contributed by atoms with Crippen LogP contribution in [0.5, 0.6) is 0 Å². The van der Waals surface area contributed by atoms with Crippen molar-refractivity contribution in [3.8, 4) is 0 Å². The monoisotopic (exact) mass is 247 g/mol. The first-order valence-corrected chi connectivity index (χ1v) is 5.36. The summed E-state index contributed by atoms with van der Waals surface area (Å²) in [6, 6.07) is 4.73.